The lowest BCUT2D eigenvalue weighted by Gasteiger charge is -2.36. The summed E-state index contributed by atoms with van der Waals surface area (Å²) in [4.78, 5) is 12.1. The van der Waals surface area contributed by atoms with Crippen molar-refractivity contribution in [3.05, 3.63) is 5.01 Å². The molecule has 1 heterocycles. The van der Waals surface area contributed by atoms with Gasteiger partial charge in [-0.2, -0.15) is 13.2 Å². The molecule has 0 bridgehead atoms. The van der Waals surface area contributed by atoms with Crippen LogP contribution in [0.5, 0.6) is 0 Å². The van der Waals surface area contributed by atoms with Crippen LogP contribution < -0.4 is 5.32 Å². The number of aromatic nitrogens is 2. The number of anilines is 1. The zero-order valence-electron chi connectivity index (χ0n) is 10.4. The first kappa shape index (κ1) is 14.2. The topological polar surface area (TPSA) is 54.9 Å². The molecule has 1 aromatic heterocycles. The smallest absolute Gasteiger partial charge is 0.300 e. The van der Waals surface area contributed by atoms with Crippen molar-refractivity contribution in [2.45, 2.75) is 45.2 Å². The molecule has 4 nitrogen and oxygen atoms in total. The Balaban J connectivity index is 2.21. The maximum Gasteiger partial charge on any atom is 0.403 e. The van der Waals surface area contributed by atoms with Crippen molar-refractivity contribution in [1.82, 2.24) is 10.2 Å². The number of carbonyl (C=O) groups excluding carboxylic acids is 1. The van der Waals surface area contributed by atoms with Gasteiger partial charge in [-0.1, -0.05) is 30.6 Å². The zero-order chi connectivity index (χ0) is 14.1. The molecule has 0 spiro atoms. The number of rotatable bonds is 2. The Morgan fingerprint density at radius 3 is 2.37 bits per heavy atom. The van der Waals surface area contributed by atoms with E-state index in [0.29, 0.717) is 17.8 Å². The first-order valence-electron chi connectivity index (χ1n) is 6.03. The van der Waals surface area contributed by atoms with E-state index in [0.717, 1.165) is 17.8 Å². The maximum absolute atomic E-state index is 13.3. The zero-order valence-corrected chi connectivity index (χ0v) is 11.2. The highest BCUT2D eigenvalue weighted by Crippen LogP contribution is 2.49. The van der Waals surface area contributed by atoms with Crippen molar-refractivity contribution in [3.63, 3.8) is 0 Å². The SMILES string of the molecule is Cc1nnc(NC(=O)C2(C(F)(F)F)CCCCC2)s1. The van der Waals surface area contributed by atoms with Crippen LogP contribution in [0.4, 0.5) is 18.3 Å². The fourth-order valence-corrected chi connectivity index (χ4v) is 2.95. The Hall–Kier alpha value is -1.18. The molecule has 106 valence electrons. The average molecular weight is 293 g/mol. The van der Waals surface area contributed by atoms with Gasteiger partial charge in [0.15, 0.2) is 0 Å². The number of halogens is 3. The van der Waals surface area contributed by atoms with Gasteiger partial charge < -0.3 is 0 Å². The lowest BCUT2D eigenvalue weighted by molar-refractivity contribution is -0.227. The molecule has 0 aliphatic heterocycles. The van der Waals surface area contributed by atoms with Crippen LogP contribution in [0.3, 0.4) is 0 Å². The molecule has 0 unspecified atom stereocenters. The van der Waals surface area contributed by atoms with Crippen LogP contribution in [0.2, 0.25) is 0 Å². The fourth-order valence-electron chi connectivity index (χ4n) is 2.36. The number of amides is 1. The van der Waals surface area contributed by atoms with Crippen LogP contribution in [0, 0.1) is 12.3 Å². The molecule has 1 aromatic rings. The van der Waals surface area contributed by atoms with Crippen LogP contribution in [0.15, 0.2) is 0 Å². The number of hydrogen-bond acceptors (Lipinski definition) is 4. The number of nitrogens with zero attached hydrogens (tertiary/aromatic N) is 2. The predicted molar refractivity (Wildman–Crippen MR) is 64.8 cm³/mol. The van der Waals surface area contributed by atoms with Crippen molar-refractivity contribution in [2.75, 3.05) is 5.32 Å². The standard InChI is InChI=1S/C11H14F3N3OS/c1-7-16-17-9(19-7)15-8(18)10(11(12,13)14)5-3-2-4-6-10/h2-6H2,1H3,(H,15,17,18). The molecule has 19 heavy (non-hydrogen) atoms. The summed E-state index contributed by atoms with van der Waals surface area (Å²) < 4.78 is 39.8. The first-order valence-corrected chi connectivity index (χ1v) is 6.85. The Bertz CT molecular complexity index is 466. The highest BCUT2D eigenvalue weighted by Gasteiger charge is 2.60. The highest BCUT2D eigenvalue weighted by molar-refractivity contribution is 7.15. The maximum atomic E-state index is 13.3. The summed E-state index contributed by atoms with van der Waals surface area (Å²) in [5.74, 6) is -1.00. The molecule has 1 aliphatic rings. The molecule has 8 heteroatoms. The Morgan fingerprint density at radius 1 is 1.26 bits per heavy atom. The molecule has 0 radical (unpaired) electrons. The van der Waals surface area contributed by atoms with Crippen molar-refractivity contribution in [1.29, 1.82) is 0 Å². The van der Waals surface area contributed by atoms with E-state index in [1.807, 2.05) is 0 Å². The molecule has 1 N–H and O–H groups in total. The van der Waals surface area contributed by atoms with Crippen LogP contribution in [0.25, 0.3) is 0 Å². The highest BCUT2D eigenvalue weighted by atomic mass is 32.1. The van der Waals surface area contributed by atoms with Gasteiger partial charge in [0.05, 0.1) is 0 Å². The van der Waals surface area contributed by atoms with Crippen LogP contribution in [-0.2, 0) is 4.79 Å². The second-order valence-electron chi connectivity index (χ2n) is 4.72. The Morgan fingerprint density at radius 2 is 1.89 bits per heavy atom. The quantitative estimate of drug-likeness (QED) is 0.910. The van der Waals surface area contributed by atoms with Gasteiger partial charge in [0, 0.05) is 0 Å². The third-order valence-electron chi connectivity index (χ3n) is 3.43. The summed E-state index contributed by atoms with van der Waals surface area (Å²) in [6, 6.07) is 0. The van der Waals surface area contributed by atoms with E-state index in [4.69, 9.17) is 0 Å². The number of alkyl halides is 3. The van der Waals surface area contributed by atoms with E-state index in [9.17, 15) is 18.0 Å². The van der Waals surface area contributed by atoms with Gasteiger partial charge in [-0.3, -0.25) is 10.1 Å². The molecule has 2 rings (SSSR count). The molecule has 0 aromatic carbocycles. The van der Waals surface area contributed by atoms with Crippen molar-refractivity contribution in [2.24, 2.45) is 5.41 Å². The summed E-state index contributed by atoms with van der Waals surface area (Å²) in [6.07, 6.45) is -3.26. The van der Waals surface area contributed by atoms with Gasteiger partial charge in [0.25, 0.3) is 0 Å². The van der Waals surface area contributed by atoms with Gasteiger partial charge in [0.1, 0.15) is 10.4 Å². The van der Waals surface area contributed by atoms with E-state index in [1.54, 1.807) is 6.92 Å². The minimum Gasteiger partial charge on any atom is -0.300 e. The summed E-state index contributed by atoms with van der Waals surface area (Å²) >= 11 is 1.07. The lowest BCUT2D eigenvalue weighted by Crippen LogP contribution is -2.49. The van der Waals surface area contributed by atoms with Crippen LogP contribution >= 0.6 is 11.3 Å². The molecule has 1 aliphatic carbocycles. The van der Waals surface area contributed by atoms with E-state index in [-0.39, 0.29) is 18.0 Å². The largest absolute Gasteiger partial charge is 0.403 e. The number of hydrogen-bond donors (Lipinski definition) is 1. The van der Waals surface area contributed by atoms with E-state index < -0.39 is 17.5 Å². The van der Waals surface area contributed by atoms with Gasteiger partial charge >= 0.3 is 6.18 Å². The molecule has 0 atom stereocenters. The van der Waals surface area contributed by atoms with Crippen LogP contribution in [0.1, 0.15) is 37.1 Å². The van der Waals surface area contributed by atoms with Gasteiger partial charge in [-0.05, 0) is 19.8 Å². The third-order valence-corrected chi connectivity index (χ3v) is 4.18. The summed E-state index contributed by atoms with van der Waals surface area (Å²) in [7, 11) is 0. The predicted octanol–water partition coefficient (Wildman–Crippen LogP) is 3.30. The second-order valence-corrected chi connectivity index (χ2v) is 5.90. The fraction of sp³-hybridized carbons (Fsp3) is 0.727. The number of carbonyl (C=O) groups is 1. The van der Waals surface area contributed by atoms with E-state index in [1.165, 1.54) is 0 Å². The Kier molecular flexibility index (Phi) is 3.80. The molecule has 1 fully saturated rings. The lowest BCUT2D eigenvalue weighted by atomic mass is 9.72. The summed E-state index contributed by atoms with van der Waals surface area (Å²) in [5, 5.41) is 10.3. The third kappa shape index (κ3) is 2.72. The second kappa shape index (κ2) is 5.07. The molecular weight excluding hydrogens is 279 g/mol. The van der Waals surface area contributed by atoms with Gasteiger partial charge in [0.2, 0.25) is 11.0 Å². The van der Waals surface area contributed by atoms with Gasteiger partial charge in [-0.25, -0.2) is 0 Å². The van der Waals surface area contributed by atoms with Crippen molar-refractivity contribution in [3.8, 4) is 0 Å². The minimum absolute atomic E-state index is 0.122. The first-order chi connectivity index (χ1) is 8.85. The molecule has 1 saturated carbocycles. The van der Waals surface area contributed by atoms with Crippen molar-refractivity contribution < 1.29 is 18.0 Å². The molecule has 0 saturated heterocycles. The minimum atomic E-state index is -4.53. The number of aryl methyl sites for hydroxylation is 1. The average Bonchev–Trinajstić information content (AvgIpc) is 2.74. The van der Waals surface area contributed by atoms with Crippen LogP contribution in [-0.4, -0.2) is 22.3 Å². The molecule has 1 amide bonds. The monoisotopic (exact) mass is 293 g/mol. The summed E-state index contributed by atoms with van der Waals surface area (Å²) in [6.45, 7) is 1.67. The normalized spacial score (nSPS) is 19.2. The van der Waals surface area contributed by atoms with E-state index >= 15 is 0 Å². The Labute approximate surface area is 112 Å². The summed E-state index contributed by atoms with van der Waals surface area (Å²) in [5.41, 5.74) is -2.27. The molecular formula is C11H14F3N3OS. The number of nitrogens with one attached hydrogen (secondary N) is 1. The van der Waals surface area contributed by atoms with E-state index in [2.05, 4.69) is 15.5 Å². The van der Waals surface area contributed by atoms with Crippen molar-refractivity contribution >= 4 is 22.4 Å². The van der Waals surface area contributed by atoms with Gasteiger partial charge in [-0.15, -0.1) is 10.2 Å².